The molecule has 1 aromatic heterocycles. The molecule has 5 rings (SSSR count). The van der Waals surface area contributed by atoms with Crippen LogP contribution in [0.2, 0.25) is 0 Å². The van der Waals surface area contributed by atoms with Crippen LogP contribution in [-0.4, -0.2) is 9.78 Å². The van der Waals surface area contributed by atoms with Gasteiger partial charge in [-0.3, -0.25) is 0 Å². The third-order valence-corrected chi connectivity index (χ3v) is 5.10. The van der Waals surface area contributed by atoms with E-state index >= 15 is 0 Å². The molecule has 150 valence electrons. The summed E-state index contributed by atoms with van der Waals surface area (Å²) >= 11 is 0. The molecular weight excluding hydrogens is 385 g/mol. The molecule has 0 atom stereocenters. The lowest BCUT2D eigenvalue weighted by molar-refractivity contribution is 0.627. The second-order valence-electron chi connectivity index (χ2n) is 7.18. The third-order valence-electron chi connectivity index (χ3n) is 5.10. The van der Waals surface area contributed by atoms with Crippen molar-refractivity contribution in [2.75, 3.05) is 5.32 Å². The van der Waals surface area contributed by atoms with Crippen molar-refractivity contribution in [3.8, 4) is 28.1 Å². The van der Waals surface area contributed by atoms with Gasteiger partial charge in [0, 0.05) is 11.3 Å². The number of nitrogens with one attached hydrogen (secondary N) is 1. The monoisotopic (exact) mass is 405 g/mol. The summed E-state index contributed by atoms with van der Waals surface area (Å²) < 4.78 is 15.5. The summed E-state index contributed by atoms with van der Waals surface area (Å²) in [6, 6.07) is 36.7. The lowest BCUT2D eigenvalue weighted by Crippen LogP contribution is -2.03. The highest BCUT2D eigenvalue weighted by atomic mass is 19.1. The van der Waals surface area contributed by atoms with Crippen LogP contribution >= 0.6 is 0 Å². The van der Waals surface area contributed by atoms with Gasteiger partial charge in [0.15, 0.2) is 0 Å². The summed E-state index contributed by atoms with van der Waals surface area (Å²) in [6.45, 7) is 0. The molecular formula is C27H20FN3. The van der Waals surface area contributed by atoms with Gasteiger partial charge in [-0.1, -0.05) is 78.9 Å². The average Bonchev–Trinajstić information content (AvgIpc) is 3.20. The molecule has 0 saturated carbocycles. The Morgan fingerprint density at radius 2 is 1.16 bits per heavy atom. The van der Waals surface area contributed by atoms with Crippen LogP contribution in [0.3, 0.4) is 0 Å². The number of hydrogen-bond acceptors (Lipinski definition) is 2. The van der Waals surface area contributed by atoms with E-state index in [-0.39, 0.29) is 5.82 Å². The van der Waals surface area contributed by atoms with Crippen LogP contribution in [0.25, 0.3) is 28.1 Å². The van der Waals surface area contributed by atoms with E-state index < -0.39 is 0 Å². The van der Waals surface area contributed by atoms with Gasteiger partial charge in [0.2, 0.25) is 0 Å². The first-order valence-electron chi connectivity index (χ1n) is 10.1. The highest BCUT2D eigenvalue weighted by Crippen LogP contribution is 2.40. The molecule has 1 N–H and O–H groups in total. The van der Waals surface area contributed by atoms with Crippen LogP contribution in [0.5, 0.6) is 0 Å². The fourth-order valence-corrected chi connectivity index (χ4v) is 3.64. The van der Waals surface area contributed by atoms with Crippen LogP contribution in [-0.2, 0) is 0 Å². The fourth-order valence-electron chi connectivity index (χ4n) is 3.64. The highest BCUT2D eigenvalue weighted by Gasteiger charge is 2.22. The number of aromatic nitrogens is 2. The molecule has 0 aliphatic rings. The van der Waals surface area contributed by atoms with Crippen LogP contribution in [0.15, 0.2) is 115 Å². The predicted octanol–water partition coefficient (Wildman–Crippen LogP) is 7.09. The summed E-state index contributed by atoms with van der Waals surface area (Å²) in [7, 11) is 0. The molecule has 4 heteroatoms. The second-order valence-corrected chi connectivity index (χ2v) is 7.18. The smallest absolute Gasteiger partial charge is 0.142 e. The van der Waals surface area contributed by atoms with E-state index in [2.05, 4.69) is 29.6 Å². The van der Waals surface area contributed by atoms with Crippen LogP contribution in [0.4, 0.5) is 15.9 Å². The average molecular weight is 405 g/mol. The number of rotatable bonds is 5. The van der Waals surface area contributed by atoms with Crippen molar-refractivity contribution in [2.24, 2.45) is 0 Å². The molecule has 0 saturated heterocycles. The van der Waals surface area contributed by atoms with E-state index in [9.17, 15) is 4.39 Å². The topological polar surface area (TPSA) is 29.9 Å². The molecule has 0 aliphatic heterocycles. The second kappa shape index (κ2) is 8.28. The first kappa shape index (κ1) is 18.8. The van der Waals surface area contributed by atoms with Crippen molar-refractivity contribution >= 4 is 11.5 Å². The van der Waals surface area contributed by atoms with Crippen molar-refractivity contribution in [1.29, 1.82) is 0 Å². The number of para-hydroxylation sites is 1. The minimum absolute atomic E-state index is 0.278. The largest absolute Gasteiger partial charge is 0.340 e. The zero-order chi connectivity index (χ0) is 21.0. The standard InChI is InChI=1S/C27H20FN3/c28-22-16-18-24(19-17-22)31-27(29-23-14-8-3-9-15-23)25(20-10-4-1-5-11-20)26(30-31)21-12-6-2-7-13-21/h1-19,29H. The summed E-state index contributed by atoms with van der Waals surface area (Å²) in [5.74, 6) is 0.544. The van der Waals surface area contributed by atoms with E-state index in [0.29, 0.717) is 0 Å². The van der Waals surface area contributed by atoms with E-state index in [1.165, 1.54) is 12.1 Å². The molecule has 31 heavy (non-hydrogen) atoms. The van der Waals surface area contributed by atoms with Crippen molar-refractivity contribution < 1.29 is 4.39 Å². The van der Waals surface area contributed by atoms with E-state index in [4.69, 9.17) is 5.10 Å². The SMILES string of the molecule is Fc1ccc(-n2nc(-c3ccccc3)c(-c3ccccc3)c2Nc2ccccc2)cc1. The van der Waals surface area contributed by atoms with Gasteiger partial charge in [0.1, 0.15) is 17.3 Å². The first-order valence-corrected chi connectivity index (χ1v) is 10.1. The Hall–Kier alpha value is -4.18. The quantitative estimate of drug-likeness (QED) is 0.338. The van der Waals surface area contributed by atoms with Crippen molar-refractivity contribution in [3.05, 3.63) is 121 Å². The molecule has 4 aromatic carbocycles. The Bertz CT molecular complexity index is 1280. The summed E-state index contributed by atoms with van der Waals surface area (Å²) in [5, 5.41) is 8.53. The van der Waals surface area contributed by atoms with Gasteiger partial charge in [-0.15, -0.1) is 0 Å². The molecule has 1 heterocycles. The maximum absolute atomic E-state index is 13.6. The number of halogens is 1. The number of anilines is 2. The Kier molecular flexibility index (Phi) is 5.03. The van der Waals surface area contributed by atoms with Gasteiger partial charge in [-0.05, 0) is 42.0 Å². The van der Waals surface area contributed by atoms with Gasteiger partial charge in [0.25, 0.3) is 0 Å². The normalized spacial score (nSPS) is 10.7. The zero-order valence-corrected chi connectivity index (χ0v) is 16.7. The van der Waals surface area contributed by atoms with E-state index in [0.717, 1.165) is 39.6 Å². The summed E-state index contributed by atoms with van der Waals surface area (Å²) in [4.78, 5) is 0. The maximum atomic E-state index is 13.6. The lowest BCUT2D eigenvalue weighted by atomic mass is 10.0. The number of nitrogens with zero attached hydrogens (tertiary/aromatic N) is 2. The van der Waals surface area contributed by atoms with Crippen molar-refractivity contribution in [1.82, 2.24) is 9.78 Å². The Morgan fingerprint density at radius 3 is 1.77 bits per heavy atom. The Morgan fingerprint density at radius 1 is 0.613 bits per heavy atom. The molecule has 5 aromatic rings. The van der Waals surface area contributed by atoms with Crippen LogP contribution in [0, 0.1) is 5.82 Å². The highest BCUT2D eigenvalue weighted by molar-refractivity contribution is 5.91. The molecule has 3 nitrogen and oxygen atoms in total. The first-order chi connectivity index (χ1) is 15.3. The Labute approximate surface area is 180 Å². The van der Waals surface area contributed by atoms with Gasteiger partial charge in [-0.25, -0.2) is 9.07 Å². The zero-order valence-electron chi connectivity index (χ0n) is 16.7. The molecule has 0 fully saturated rings. The molecule has 0 amide bonds. The van der Waals surface area contributed by atoms with Crippen molar-refractivity contribution in [3.63, 3.8) is 0 Å². The number of hydrogen-bond donors (Lipinski definition) is 1. The van der Waals surface area contributed by atoms with Crippen LogP contribution in [0.1, 0.15) is 0 Å². The van der Waals surface area contributed by atoms with Gasteiger partial charge >= 0.3 is 0 Å². The summed E-state index contributed by atoms with van der Waals surface area (Å²) in [6.07, 6.45) is 0. The van der Waals surface area contributed by atoms with Crippen LogP contribution < -0.4 is 5.32 Å². The number of benzene rings is 4. The molecule has 0 radical (unpaired) electrons. The minimum atomic E-state index is -0.278. The third kappa shape index (κ3) is 3.83. The lowest BCUT2D eigenvalue weighted by Gasteiger charge is -2.13. The van der Waals surface area contributed by atoms with E-state index in [1.807, 2.05) is 71.4 Å². The Balaban J connectivity index is 1.79. The minimum Gasteiger partial charge on any atom is -0.340 e. The molecule has 0 spiro atoms. The van der Waals surface area contributed by atoms with Gasteiger partial charge < -0.3 is 5.32 Å². The fraction of sp³-hybridized carbons (Fsp3) is 0. The summed E-state index contributed by atoms with van der Waals surface area (Å²) in [5.41, 5.74) is 5.63. The molecule has 0 bridgehead atoms. The predicted molar refractivity (Wildman–Crippen MR) is 124 cm³/mol. The molecule has 0 aliphatic carbocycles. The molecule has 0 unspecified atom stereocenters. The van der Waals surface area contributed by atoms with E-state index in [1.54, 1.807) is 12.1 Å². The van der Waals surface area contributed by atoms with Gasteiger partial charge in [0.05, 0.1) is 11.3 Å². The van der Waals surface area contributed by atoms with Crippen molar-refractivity contribution in [2.45, 2.75) is 0 Å². The maximum Gasteiger partial charge on any atom is 0.142 e. The van der Waals surface area contributed by atoms with Gasteiger partial charge in [-0.2, -0.15) is 5.10 Å².